The van der Waals surface area contributed by atoms with E-state index in [1.165, 1.54) is 0 Å². The van der Waals surface area contributed by atoms with Crippen LogP contribution in [0, 0.1) is 0 Å². The number of rotatable bonds is 12. The summed E-state index contributed by atoms with van der Waals surface area (Å²) in [5, 5.41) is 13.2. The van der Waals surface area contributed by atoms with Crippen molar-refractivity contribution in [3.05, 3.63) is 0 Å². The molecule has 0 fully saturated rings. The van der Waals surface area contributed by atoms with Gasteiger partial charge in [0.1, 0.15) is 6.04 Å². The van der Waals surface area contributed by atoms with Crippen LogP contribution in [0.5, 0.6) is 0 Å². The molecule has 0 saturated carbocycles. The van der Waals surface area contributed by atoms with Crippen LogP contribution in [-0.2, 0) is 19.2 Å². The van der Waals surface area contributed by atoms with E-state index in [4.69, 9.17) is 22.3 Å². The van der Waals surface area contributed by atoms with Gasteiger partial charge >= 0.3 is 5.97 Å². The van der Waals surface area contributed by atoms with Gasteiger partial charge in [0.15, 0.2) is 5.96 Å². The summed E-state index contributed by atoms with van der Waals surface area (Å²) < 4.78 is 0. The molecule has 0 heterocycles. The molecular weight excluding hydrogens is 320 g/mol. The van der Waals surface area contributed by atoms with Crippen LogP contribution < -0.4 is 27.8 Å². The predicted molar refractivity (Wildman–Crippen MR) is 85.5 cm³/mol. The number of nitrogens with zero attached hydrogens (tertiary/aromatic N) is 1. The lowest BCUT2D eigenvalue weighted by atomic mass is 10.1. The second-order valence-corrected chi connectivity index (χ2v) is 5.00. The molecule has 0 radical (unpaired) electrons. The Hall–Kier alpha value is -2.85. The number of guanidine groups is 1. The average molecular weight is 344 g/mol. The molecule has 9 N–H and O–H groups in total. The number of carbonyl (C=O) groups is 4. The van der Waals surface area contributed by atoms with E-state index >= 15 is 0 Å². The summed E-state index contributed by atoms with van der Waals surface area (Å²) in [5.74, 6) is -2.80. The van der Waals surface area contributed by atoms with Gasteiger partial charge in [0.25, 0.3) is 0 Å². The maximum Gasteiger partial charge on any atom is 0.303 e. The van der Waals surface area contributed by atoms with Crippen LogP contribution in [0.25, 0.3) is 0 Å². The Balaban J connectivity index is 4.10. The van der Waals surface area contributed by atoms with Gasteiger partial charge in [0.05, 0.1) is 6.54 Å². The van der Waals surface area contributed by atoms with Crippen LogP contribution in [-0.4, -0.2) is 53.9 Å². The van der Waals surface area contributed by atoms with Crippen LogP contribution in [0.15, 0.2) is 4.99 Å². The fraction of sp³-hybridized carbons (Fsp3) is 0.615. The minimum atomic E-state index is -0.995. The standard InChI is InChI=1S/C13H24N6O5/c14-12(24)8(3-2-6-17-13(15)16)19-10(21)7-18-9(20)4-1-5-11(22)23/h8H,1-7H2,(H2,14,24)(H,18,20)(H,19,21)(H,22,23)(H4,15,16,17). The molecule has 0 spiro atoms. The van der Waals surface area contributed by atoms with Gasteiger partial charge in [-0.05, 0) is 19.3 Å². The van der Waals surface area contributed by atoms with Crippen molar-refractivity contribution in [2.24, 2.45) is 22.2 Å². The average Bonchev–Trinajstić information content (AvgIpc) is 2.47. The Bertz CT molecular complexity index is 489. The topological polar surface area (TPSA) is 203 Å². The van der Waals surface area contributed by atoms with Crippen LogP contribution in [0.1, 0.15) is 32.1 Å². The normalized spacial score (nSPS) is 11.2. The summed E-state index contributed by atoms with van der Waals surface area (Å²) in [4.78, 5) is 48.4. The Labute approximate surface area is 139 Å². The lowest BCUT2D eigenvalue weighted by molar-refractivity contribution is -0.137. The molecule has 11 heteroatoms. The maximum absolute atomic E-state index is 11.7. The Morgan fingerprint density at radius 2 is 1.67 bits per heavy atom. The van der Waals surface area contributed by atoms with Gasteiger partial charge in [0.2, 0.25) is 17.7 Å². The highest BCUT2D eigenvalue weighted by molar-refractivity contribution is 5.89. The zero-order valence-corrected chi connectivity index (χ0v) is 13.3. The van der Waals surface area contributed by atoms with Crippen LogP contribution >= 0.6 is 0 Å². The molecule has 1 unspecified atom stereocenters. The van der Waals surface area contributed by atoms with Gasteiger partial charge in [-0.1, -0.05) is 0 Å². The molecule has 11 nitrogen and oxygen atoms in total. The van der Waals surface area contributed by atoms with Crippen LogP contribution in [0.2, 0.25) is 0 Å². The van der Waals surface area contributed by atoms with E-state index in [-0.39, 0.29) is 38.2 Å². The molecule has 136 valence electrons. The molecule has 0 rings (SSSR count). The molecule has 0 aliphatic carbocycles. The van der Waals surface area contributed by atoms with E-state index in [2.05, 4.69) is 15.6 Å². The Morgan fingerprint density at radius 3 is 2.21 bits per heavy atom. The summed E-state index contributed by atoms with van der Waals surface area (Å²) in [6.07, 6.45) is 0.742. The fourth-order valence-electron chi connectivity index (χ4n) is 1.70. The molecule has 0 bridgehead atoms. The highest BCUT2D eigenvalue weighted by Crippen LogP contribution is 1.98. The first-order chi connectivity index (χ1) is 11.2. The molecule has 0 aromatic rings. The van der Waals surface area contributed by atoms with E-state index in [1.54, 1.807) is 0 Å². The molecule has 0 aromatic carbocycles. The smallest absolute Gasteiger partial charge is 0.303 e. The minimum absolute atomic E-state index is 0.00264. The second-order valence-electron chi connectivity index (χ2n) is 5.00. The third-order valence-corrected chi connectivity index (χ3v) is 2.86. The van der Waals surface area contributed by atoms with Crippen molar-refractivity contribution in [1.29, 1.82) is 0 Å². The third kappa shape index (κ3) is 11.8. The molecule has 3 amide bonds. The van der Waals surface area contributed by atoms with E-state index in [1.807, 2.05) is 0 Å². The number of amides is 3. The van der Waals surface area contributed by atoms with Crippen LogP contribution in [0.3, 0.4) is 0 Å². The molecular formula is C13H24N6O5. The summed E-state index contributed by atoms with van der Waals surface area (Å²) in [6.45, 7) is -0.0358. The number of carboxylic acids is 1. The van der Waals surface area contributed by atoms with Gasteiger partial charge in [0, 0.05) is 19.4 Å². The number of aliphatic carboxylic acids is 1. The van der Waals surface area contributed by atoms with E-state index < -0.39 is 29.7 Å². The maximum atomic E-state index is 11.7. The molecule has 24 heavy (non-hydrogen) atoms. The second kappa shape index (κ2) is 11.7. The Morgan fingerprint density at radius 1 is 1.00 bits per heavy atom. The number of primary amides is 1. The predicted octanol–water partition coefficient (Wildman–Crippen LogP) is -2.62. The first kappa shape index (κ1) is 21.1. The fourth-order valence-corrected chi connectivity index (χ4v) is 1.70. The number of carboxylic acid groups (broad SMARTS) is 1. The monoisotopic (exact) mass is 344 g/mol. The van der Waals surface area contributed by atoms with E-state index in [0.29, 0.717) is 13.0 Å². The van der Waals surface area contributed by atoms with Gasteiger partial charge in [-0.25, -0.2) is 0 Å². The van der Waals surface area contributed by atoms with Gasteiger partial charge in [-0.3, -0.25) is 24.2 Å². The van der Waals surface area contributed by atoms with Crippen molar-refractivity contribution < 1.29 is 24.3 Å². The van der Waals surface area contributed by atoms with Crippen molar-refractivity contribution in [2.45, 2.75) is 38.1 Å². The van der Waals surface area contributed by atoms with Gasteiger partial charge < -0.3 is 32.9 Å². The van der Waals surface area contributed by atoms with Gasteiger partial charge in [-0.15, -0.1) is 0 Å². The molecule has 0 aliphatic rings. The van der Waals surface area contributed by atoms with E-state index in [0.717, 1.165) is 0 Å². The number of hydrogen-bond donors (Lipinski definition) is 6. The highest BCUT2D eigenvalue weighted by atomic mass is 16.4. The Kier molecular flexibility index (Phi) is 10.3. The zero-order valence-electron chi connectivity index (χ0n) is 13.3. The SMILES string of the molecule is NC(=O)C(CCCN=C(N)N)NC(=O)CNC(=O)CCCC(=O)O. The highest BCUT2D eigenvalue weighted by Gasteiger charge is 2.17. The number of carbonyl (C=O) groups excluding carboxylic acids is 3. The number of nitrogens with one attached hydrogen (secondary N) is 2. The van der Waals surface area contributed by atoms with Crippen molar-refractivity contribution >= 4 is 29.7 Å². The van der Waals surface area contributed by atoms with E-state index in [9.17, 15) is 19.2 Å². The summed E-state index contributed by atoms with van der Waals surface area (Å²) in [7, 11) is 0. The third-order valence-electron chi connectivity index (χ3n) is 2.86. The molecule has 1 atom stereocenters. The number of aliphatic imine (C=N–C) groups is 1. The summed E-state index contributed by atoms with van der Waals surface area (Å²) in [5.41, 5.74) is 15.5. The lowest BCUT2D eigenvalue weighted by Gasteiger charge is -2.15. The first-order valence-electron chi connectivity index (χ1n) is 7.35. The lowest BCUT2D eigenvalue weighted by Crippen LogP contribution is -2.48. The van der Waals surface area contributed by atoms with Crippen molar-refractivity contribution in [2.75, 3.05) is 13.1 Å². The van der Waals surface area contributed by atoms with Crippen LogP contribution in [0.4, 0.5) is 0 Å². The first-order valence-corrected chi connectivity index (χ1v) is 7.35. The van der Waals surface area contributed by atoms with Crippen molar-refractivity contribution in [3.8, 4) is 0 Å². The quantitative estimate of drug-likeness (QED) is 0.126. The number of nitrogens with two attached hydrogens (primary N) is 3. The molecule has 0 aliphatic heterocycles. The summed E-state index contributed by atoms with van der Waals surface area (Å²) >= 11 is 0. The summed E-state index contributed by atoms with van der Waals surface area (Å²) in [6, 6.07) is -0.893. The van der Waals surface area contributed by atoms with Gasteiger partial charge in [-0.2, -0.15) is 0 Å². The molecule has 0 aromatic heterocycles. The van der Waals surface area contributed by atoms with Crippen molar-refractivity contribution in [3.63, 3.8) is 0 Å². The largest absolute Gasteiger partial charge is 0.481 e. The number of hydrogen-bond acceptors (Lipinski definition) is 5. The zero-order chi connectivity index (χ0) is 18.5. The molecule has 0 saturated heterocycles. The van der Waals surface area contributed by atoms with Crippen molar-refractivity contribution in [1.82, 2.24) is 10.6 Å². The minimum Gasteiger partial charge on any atom is -0.481 e.